The summed E-state index contributed by atoms with van der Waals surface area (Å²) in [5.41, 5.74) is 4.27. The molecule has 1 aromatic heterocycles. The van der Waals surface area contributed by atoms with Crippen LogP contribution in [-0.4, -0.2) is 16.2 Å². The van der Waals surface area contributed by atoms with E-state index in [4.69, 9.17) is 14.8 Å². The van der Waals surface area contributed by atoms with E-state index in [0.29, 0.717) is 11.4 Å². The molecule has 4 heteroatoms. The number of carboxylic acid groups (broad SMARTS) is 1. The smallest absolute Gasteiger partial charge is 0.449 e. The van der Waals surface area contributed by atoms with Crippen LogP contribution in [0.2, 0.25) is 0 Å². The van der Waals surface area contributed by atoms with Crippen molar-refractivity contribution < 1.29 is 14.6 Å². The highest BCUT2D eigenvalue weighted by Crippen LogP contribution is 2.30. The zero-order chi connectivity index (χ0) is 18.8. The van der Waals surface area contributed by atoms with Gasteiger partial charge in [0.15, 0.2) is 0 Å². The molecule has 0 bridgehead atoms. The van der Waals surface area contributed by atoms with Gasteiger partial charge in [0.1, 0.15) is 5.75 Å². The molecule has 0 aliphatic heterocycles. The first-order valence-electron chi connectivity index (χ1n) is 8.57. The summed E-state index contributed by atoms with van der Waals surface area (Å²) >= 11 is 0. The fourth-order valence-electron chi connectivity index (χ4n) is 3.03. The molecule has 0 saturated heterocycles. The number of aromatic nitrogens is 1. The molecule has 4 nitrogen and oxygen atoms in total. The van der Waals surface area contributed by atoms with E-state index in [1.54, 1.807) is 12.1 Å². The van der Waals surface area contributed by atoms with Crippen molar-refractivity contribution in [1.29, 1.82) is 0 Å². The summed E-state index contributed by atoms with van der Waals surface area (Å²) in [6, 6.07) is 25.3. The summed E-state index contributed by atoms with van der Waals surface area (Å²) in [7, 11) is 0. The normalized spacial score (nSPS) is 10.7. The van der Waals surface area contributed by atoms with Gasteiger partial charge in [-0.1, -0.05) is 66.2 Å². The van der Waals surface area contributed by atoms with E-state index < -0.39 is 6.16 Å². The van der Waals surface area contributed by atoms with Crippen molar-refractivity contribution in [3.8, 4) is 28.3 Å². The Morgan fingerprint density at radius 2 is 1.44 bits per heavy atom. The van der Waals surface area contributed by atoms with Gasteiger partial charge in [-0.15, -0.1) is 0 Å². The standard InChI is InChI=1S/C23H17NO3/c1-15-6-8-17(9-7-15)21-13-20(27-23(25)26)14-22(24-21)19-11-10-16-4-2-3-5-18(16)12-19/h2-14H,1H3,(H,25,26). The van der Waals surface area contributed by atoms with Gasteiger partial charge < -0.3 is 9.84 Å². The summed E-state index contributed by atoms with van der Waals surface area (Å²) < 4.78 is 4.93. The minimum Gasteiger partial charge on any atom is -0.449 e. The van der Waals surface area contributed by atoms with Crippen molar-refractivity contribution in [2.24, 2.45) is 0 Å². The summed E-state index contributed by atoms with van der Waals surface area (Å²) in [5, 5.41) is 11.3. The number of aryl methyl sites for hydroxylation is 1. The Morgan fingerprint density at radius 1 is 0.815 bits per heavy atom. The number of carbonyl (C=O) groups is 1. The second-order valence-electron chi connectivity index (χ2n) is 6.37. The highest BCUT2D eigenvalue weighted by Gasteiger charge is 2.11. The van der Waals surface area contributed by atoms with Crippen molar-refractivity contribution >= 4 is 16.9 Å². The average molecular weight is 355 g/mol. The van der Waals surface area contributed by atoms with E-state index in [2.05, 4.69) is 0 Å². The van der Waals surface area contributed by atoms with Crippen LogP contribution in [0.1, 0.15) is 5.56 Å². The first-order chi connectivity index (χ1) is 13.1. The molecule has 0 fully saturated rings. The van der Waals surface area contributed by atoms with Crippen molar-refractivity contribution in [2.75, 3.05) is 0 Å². The Hall–Kier alpha value is -3.66. The van der Waals surface area contributed by atoms with Crippen LogP contribution in [0, 0.1) is 6.92 Å². The van der Waals surface area contributed by atoms with Crippen LogP contribution in [0.15, 0.2) is 78.9 Å². The quantitative estimate of drug-likeness (QED) is 0.462. The predicted molar refractivity (Wildman–Crippen MR) is 106 cm³/mol. The number of rotatable bonds is 3. The van der Waals surface area contributed by atoms with Crippen LogP contribution in [-0.2, 0) is 0 Å². The van der Waals surface area contributed by atoms with E-state index in [0.717, 1.165) is 27.5 Å². The minimum absolute atomic E-state index is 0.247. The van der Waals surface area contributed by atoms with Gasteiger partial charge in [0.25, 0.3) is 0 Å². The SMILES string of the molecule is Cc1ccc(-c2cc(OC(=O)O)cc(-c3ccc4ccccc4c3)n2)cc1. The number of hydrogen-bond donors (Lipinski definition) is 1. The third kappa shape index (κ3) is 3.65. The Kier molecular flexibility index (Phi) is 4.30. The number of fused-ring (bicyclic) bond motifs is 1. The molecular weight excluding hydrogens is 338 g/mol. The van der Waals surface area contributed by atoms with Crippen LogP contribution in [0.25, 0.3) is 33.3 Å². The van der Waals surface area contributed by atoms with Crippen LogP contribution >= 0.6 is 0 Å². The maximum absolute atomic E-state index is 11.0. The fraction of sp³-hybridized carbons (Fsp3) is 0.0435. The molecule has 132 valence electrons. The van der Waals surface area contributed by atoms with Gasteiger partial charge >= 0.3 is 6.16 Å². The highest BCUT2D eigenvalue weighted by atomic mass is 16.7. The third-order valence-corrected chi connectivity index (χ3v) is 4.40. The Labute approximate surface area is 156 Å². The fourth-order valence-corrected chi connectivity index (χ4v) is 3.03. The Balaban J connectivity index is 1.86. The van der Waals surface area contributed by atoms with Crippen molar-refractivity contribution in [3.63, 3.8) is 0 Å². The highest BCUT2D eigenvalue weighted by molar-refractivity contribution is 5.87. The van der Waals surface area contributed by atoms with Gasteiger partial charge in [0.05, 0.1) is 11.4 Å². The Morgan fingerprint density at radius 3 is 2.15 bits per heavy atom. The molecule has 1 N–H and O–H groups in total. The average Bonchev–Trinajstić information content (AvgIpc) is 2.67. The molecule has 0 saturated carbocycles. The summed E-state index contributed by atoms with van der Waals surface area (Å²) in [6.45, 7) is 2.02. The number of nitrogens with zero attached hydrogens (tertiary/aromatic N) is 1. The van der Waals surface area contributed by atoms with Crippen LogP contribution in [0.5, 0.6) is 5.75 Å². The van der Waals surface area contributed by atoms with Crippen molar-refractivity contribution in [1.82, 2.24) is 4.98 Å². The molecule has 27 heavy (non-hydrogen) atoms. The van der Waals surface area contributed by atoms with Gasteiger partial charge in [-0.2, -0.15) is 0 Å². The molecule has 0 atom stereocenters. The minimum atomic E-state index is -1.35. The zero-order valence-electron chi connectivity index (χ0n) is 14.7. The summed E-state index contributed by atoms with van der Waals surface area (Å²) in [5.74, 6) is 0.247. The molecule has 0 radical (unpaired) electrons. The molecule has 4 aromatic rings. The number of hydrogen-bond acceptors (Lipinski definition) is 3. The Bertz CT molecular complexity index is 1130. The first kappa shape index (κ1) is 16.8. The van der Waals surface area contributed by atoms with Gasteiger partial charge in [-0.3, -0.25) is 0 Å². The van der Waals surface area contributed by atoms with Crippen molar-refractivity contribution in [3.05, 3.63) is 84.4 Å². The lowest BCUT2D eigenvalue weighted by Crippen LogP contribution is -2.04. The van der Waals surface area contributed by atoms with E-state index in [9.17, 15) is 4.79 Å². The maximum Gasteiger partial charge on any atom is 0.511 e. The lowest BCUT2D eigenvalue weighted by molar-refractivity contribution is 0.144. The summed E-state index contributed by atoms with van der Waals surface area (Å²) in [4.78, 5) is 15.8. The van der Waals surface area contributed by atoms with E-state index in [1.807, 2.05) is 73.7 Å². The second-order valence-corrected chi connectivity index (χ2v) is 6.37. The molecule has 4 rings (SSSR count). The van der Waals surface area contributed by atoms with E-state index in [-0.39, 0.29) is 5.75 Å². The van der Waals surface area contributed by atoms with Gasteiger partial charge in [0, 0.05) is 23.3 Å². The summed E-state index contributed by atoms with van der Waals surface area (Å²) in [6.07, 6.45) is -1.35. The number of benzene rings is 3. The lowest BCUT2D eigenvalue weighted by atomic mass is 10.0. The molecule has 1 heterocycles. The molecule has 0 aliphatic carbocycles. The van der Waals surface area contributed by atoms with E-state index >= 15 is 0 Å². The van der Waals surface area contributed by atoms with Crippen LogP contribution < -0.4 is 4.74 Å². The van der Waals surface area contributed by atoms with Crippen LogP contribution in [0.4, 0.5) is 4.79 Å². The van der Waals surface area contributed by atoms with Gasteiger partial charge in [-0.25, -0.2) is 9.78 Å². The van der Waals surface area contributed by atoms with Gasteiger partial charge in [0.2, 0.25) is 0 Å². The third-order valence-electron chi connectivity index (χ3n) is 4.40. The lowest BCUT2D eigenvalue weighted by Gasteiger charge is -2.10. The molecule has 0 aliphatic rings. The monoisotopic (exact) mass is 355 g/mol. The van der Waals surface area contributed by atoms with Crippen molar-refractivity contribution in [2.45, 2.75) is 6.92 Å². The van der Waals surface area contributed by atoms with Crippen LogP contribution in [0.3, 0.4) is 0 Å². The number of pyridine rings is 1. The maximum atomic E-state index is 11.0. The topological polar surface area (TPSA) is 59.4 Å². The zero-order valence-corrected chi connectivity index (χ0v) is 14.7. The largest absolute Gasteiger partial charge is 0.511 e. The van der Waals surface area contributed by atoms with E-state index in [1.165, 1.54) is 0 Å². The molecule has 0 amide bonds. The predicted octanol–water partition coefficient (Wildman–Crippen LogP) is 5.93. The first-order valence-corrected chi connectivity index (χ1v) is 8.57. The molecule has 0 unspecified atom stereocenters. The number of ether oxygens (including phenoxy) is 1. The molecule has 0 spiro atoms. The van der Waals surface area contributed by atoms with Gasteiger partial charge in [-0.05, 0) is 23.8 Å². The molecule has 3 aromatic carbocycles. The second kappa shape index (κ2) is 6.92. The molecular formula is C23H17NO3.